The molecular weight excluding hydrogens is 316 g/mol. The van der Waals surface area contributed by atoms with Crippen LogP contribution in [0.2, 0.25) is 0 Å². The fraction of sp³-hybridized carbons (Fsp3) is 0.579. The van der Waals surface area contributed by atoms with E-state index in [-0.39, 0.29) is 12.1 Å². The Morgan fingerprint density at radius 1 is 1.36 bits per heavy atom. The van der Waals surface area contributed by atoms with Gasteiger partial charge in [0.05, 0.1) is 11.7 Å². The molecular formula is C19H26N4O2. The number of hydrogen-bond acceptors (Lipinski definition) is 4. The molecule has 4 rings (SSSR count). The Morgan fingerprint density at radius 2 is 2.12 bits per heavy atom. The van der Waals surface area contributed by atoms with Crippen molar-refractivity contribution in [2.45, 2.75) is 58.2 Å². The van der Waals surface area contributed by atoms with Gasteiger partial charge in [0.25, 0.3) is 0 Å². The zero-order valence-electron chi connectivity index (χ0n) is 15.1. The SMILES string of the molecule is Cc1ccc(-c2[nH]ncc2C2NC3(CCCC3)C(=O)N2CC(C)C)o1. The minimum Gasteiger partial charge on any atom is -0.460 e. The summed E-state index contributed by atoms with van der Waals surface area (Å²) in [5, 5.41) is 11.0. The zero-order chi connectivity index (χ0) is 17.6. The van der Waals surface area contributed by atoms with Gasteiger partial charge in [0.2, 0.25) is 5.91 Å². The summed E-state index contributed by atoms with van der Waals surface area (Å²) >= 11 is 0. The molecule has 1 atom stereocenters. The lowest BCUT2D eigenvalue weighted by atomic mass is 9.98. The van der Waals surface area contributed by atoms with Crippen LogP contribution in [0.1, 0.15) is 57.0 Å². The van der Waals surface area contributed by atoms with Crippen molar-refractivity contribution in [1.29, 1.82) is 0 Å². The minimum absolute atomic E-state index is 0.160. The second-order valence-corrected chi connectivity index (χ2v) is 7.80. The van der Waals surface area contributed by atoms with E-state index in [1.807, 2.05) is 30.2 Å². The van der Waals surface area contributed by atoms with Gasteiger partial charge >= 0.3 is 0 Å². The van der Waals surface area contributed by atoms with E-state index in [1.165, 1.54) is 0 Å². The number of nitrogens with one attached hydrogen (secondary N) is 2. The molecule has 1 saturated heterocycles. The third-order valence-electron chi connectivity index (χ3n) is 5.36. The standard InChI is InChI=1S/C19H26N4O2/c1-12(2)11-23-17(21-19(18(23)24)8-4-5-9-19)14-10-20-22-16(14)15-7-6-13(3)25-15/h6-7,10,12,17,21H,4-5,8-9,11H2,1-3H3,(H,20,22). The summed E-state index contributed by atoms with van der Waals surface area (Å²) in [6.45, 7) is 6.96. The Kier molecular flexibility index (Phi) is 3.95. The normalized spacial score (nSPS) is 22.6. The van der Waals surface area contributed by atoms with Crippen LogP contribution in [0.5, 0.6) is 0 Å². The average molecular weight is 342 g/mol. The molecule has 3 heterocycles. The maximum absolute atomic E-state index is 13.2. The van der Waals surface area contributed by atoms with Gasteiger partial charge < -0.3 is 9.32 Å². The number of furan rings is 1. The zero-order valence-corrected chi connectivity index (χ0v) is 15.1. The van der Waals surface area contributed by atoms with Gasteiger partial charge in [-0.25, -0.2) is 0 Å². The second kappa shape index (κ2) is 6.02. The second-order valence-electron chi connectivity index (χ2n) is 7.80. The topological polar surface area (TPSA) is 74.2 Å². The van der Waals surface area contributed by atoms with Crippen LogP contribution >= 0.6 is 0 Å². The van der Waals surface area contributed by atoms with Gasteiger partial charge in [0.1, 0.15) is 17.6 Å². The van der Waals surface area contributed by atoms with Gasteiger partial charge in [-0.05, 0) is 37.8 Å². The average Bonchev–Trinajstić information content (AvgIpc) is 3.32. The first-order valence-corrected chi connectivity index (χ1v) is 9.19. The summed E-state index contributed by atoms with van der Waals surface area (Å²) in [5.74, 6) is 2.27. The van der Waals surface area contributed by atoms with E-state index in [1.54, 1.807) is 0 Å². The van der Waals surface area contributed by atoms with Crippen molar-refractivity contribution in [2.24, 2.45) is 5.92 Å². The van der Waals surface area contributed by atoms with E-state index in [0.717, 1.165) is 55.0 Å². The van der Waals surface area contributed by atoms with Gasteiger partial charge in [-0.2, -0.15) is 5.10 Å². The van der Waals surface area contributed by atoms with Gasteiger partial charge in [0.15, 0.2) is 5.76 Å². The molecule has 0 bridgehead atoms. The van der Waals surface area contributed by atoms with Gasteiger partial charge in [0, 0.05) is 12.1 Å². The van der Waals surface area contributed by atoms with Crippen molar-refractivity contribution in [3.05, 3.63) is 29.7 Å². The number of aromatic nitrogens is 2. The molecule has 2 aliphatic rings. The van der Waals surface area contributed by atoms with Crippen molar-refractivity contribution in [3.63, 3.8) is 0 Å². The Morgan fingerprint density at radius 3 is 2.76 bits per heavy atom. The molecule has 1 amide bonds. The Hall–Kier alpha value is -2.08. The molecule has 0 aromatic carbocycles. The monoisotopic (exact) mass is 342 g/mol. The molecule has 2 aromatic heterocycles. The van der Waals surface area contributed by atoms with Crippen molar-refractivity contribution >= 4 is 5.91 Å². The number of aromatic amines is 1. The quantitative estimate of drug-likeness (QED) is 0.893. The largest absolute Gasteiger partial charge is 0.460 e. The fourth-order valence-corrected chi connectivity index (χ4v) is 4.23. The molecule has 1 saturated carbocycles. The van der Waals surface area contributed by atoms with Crippen molar-refractivity contribution < 1.29 is 9.21 Å². The third kappa shape index (κ3) is 2.68. The highest BCUT2D eigenvalue weighted by Gasteiger charge is 2.53. The Balaban J connectivity index is 1.73. The Bertz CT molecular complexity index is 770. The van der Waals surface area contributed by atoms with E-state index in [4.69, 9.17) is 4.42 Å². The highest BCUT2D eigenvalue weighted by Crippen LogP contribution is 2.42. The van der Waals surface area contributed by atoms with Gasteiger partial charge in [-0.1, -0.05) is 26.7 Å². The smallest absolute Gasteiger partial charge is 0.244 e. The van der Waals surface area contributed by atoms with Gasteiger partial charge in [-0.15, -0.1) is 0 Å². The Labute approximate surface area is 148 Å². The predicted octanol–water partition coefficient (Wildman–Crippen LogP) is 3.38. The lowest BCUT2D eigenvalue weighted by Crippen LogP contribution is -2.44. The van der Waals surface area contributed by atoms with Crippen LogP contribution in [-0.2, 0) is 4.79 Å². The fourth-order valence-electron chi connectivity index (χ4n) is 4.23. The van der Waals surface area contributed by atoms with Crippen LogP contribution in [-0.4, -0.2) is 33.1 Å². The number of nitrogens with zero attached hydrogens (tertiary/aromatic N) is 2. The van der Waals surface area contributed by atoms with Crippen LogP contribution in [0.15, 0.2) is 22.7 Å². The summed E-state index contributed by atoms with van der Waals surface area (Å²) in [4.78, 5) is 15.2. The molecule has 1 unspecified atom stereocenters. The van der Waals surface area contributed by atoms with Crippen LogP contribution < -0.4 is 5.32 Å². The maximum Gasteiger partial charge on any atom is 0.244 e. The molecule has 1 spiro atoms. The van der Waals surface area contributed by atoms with E-state index >= 15 is 0 Å². The number of hydrogen-bond donors (Lipinski definition) is 2. The summed E-state index contributed by atoms with van der Waals surface area (Å²) in [6, 6.07) is 3.89. The summed E-state index contributed by atoms with van der Waals surface area (Å²) in [6.07, 6.45) is 5.72. The van der Waals surface area contributed by atoms with Crippen molar-refractivity contribution in [2.75, 3.05) is 6.54 Å². The molecule has 6 heteroatoms. The molecule has 1 aliphatic heterocycles. The molecule has 2 aromatic rings. The van der Waals surface area contributed by atoms with Crippen LogP contribution in [0.25, 0.3) is 11.5 Å². The third-order valence-corrected chi connectivity index (χ3v) is 5.36. The molecule has 2 N–H and O–H groups in total. The van der Waals surface area contributed by atoms with Crippen LogP contribution in [0.4, 0.5) is 0 Å². The number of aryl methyl sites for hydroxylation is 1. The molecule has 2 fully saturated rings. The lowest BCUT2D eigenvalue weighted by Gasteiger charge is -2.25. The molecule has 134 valence electrons. The first-order valence-electron chi connectivity index (χ1n) is 9.19. The molecule has 0 radical (unpaired) electrons. The van der Waals surface area contributed by atoms with E-state index < -0.39 is 5.54 Å². The van der Waals surface area contributed by atoms with Crippen LogP contribution in [0, 0.1) is 12.8 Å². The number of H-pyrrole nitrogens is 1. The molecule has 25 heavy (non-hydrogen) atoms. The molecule has 6 nitrogen and oxygen atoms in total. The lowest BCUT2D eigenvalue weighted by molar-refractivity contribution is -0.133. The predicted molar refractivity (Wildman–Crippen MR) is 94.7 cm³/mol. The van der Waals surface area contributed by atoms with Gasteiger partial charge in [-0.3, -0.25) is 15.2 Å². The van der Waals surface area contributed by atoms with Crippen molar-refractivity contribution in [3.8, 4) is 11.5 Å². The molecule has 1 aliphatic carbocycles. The van der Waals surface area contributed by atoms with E-state index in [0.29, 0.717) is 5.92 Å². The first kappa shape index (κ1) is 16.4. The summed E-state index contributed by atoms with van der Waals surface area (Å²) in [7, 11) is 0. The minimum atomic E-state index is -0.396. The number of amides is 1. The maximum atomic E-state index is 13.2. The highest BCUT2D eigenvalue weighted by molar-refractivity contribution is 5.89. The van der Waals surface area contributed by atoms with E-state index in [9.17, 15) is 4.79 Å². The number of rotatable bonds is 4. The summed E-state index contributed by atoms with van der Waals surface area (Å²) < 4.78 is 5.79. The number of carbonyl (C=O) groups excluding carboxylic acids is 1. The van der Waals surface area contributed by atoms with E-state index in [2.05, 4.69) is 29.4 Å². The van der Waals surface area contributed by atoms with Crippen LogP contribution in [0.3, 0.4) is 0 Å². The van der Waals surface area contributed by atoms with Crippen molar-refractivity contribution in [1.82, 2.24) is 20.4 Å². The summed E-state index contributed by atoms with van der Waals surface area (Å²) in [5.41, 5.74) is 1.43. The first-order chi connectivity index (χ1) is 12.0. The highest BCUT2D eigenvalue weighted by atomic mass is 16.3. The number of carbonyl (C=O) groups is 1.